The second-order valence-corrected chi connectivity index (χ2v) is 7.75. The van der Waals surface area contributed by atoms with Gasteiger partial charge >= 0.3 is 0 Å². The van der Waals surface area contributed by atoms with Crippen LogP contribution in [-0.4, -0.2) is 16.8 Å². The molecule has 0 fully saturated rings. The van der Waals surface area contributed by atoms with Gasteiger partial charge in [0, 0.05) is 15.8 Å². The Hall–Kier alpha value is -1.47. The molecule has 1 amide bonds. The van der Waals surface area contributed by atoms with E-state index in [-0.39, 0.29) is 17.7 Å². The number of halogens is 2. The summed E-state index contributed by atoms with van der Waals surface area (Å²) in [6.45, 7) is 2.00. The van der Waals surface area contributed by atoms with E-state index in [9.17, 15) is 4.79 Å². The second-order valence-electron chi connectivity index (χ2n) is 5.51. The minimum atomic E-state index is -0.170. The summed E-state index contributed by atoms with van der Waals surface area (Å²) in [5.41, 5.74) is 7.35. The highest BCUT2D eigenvalue weighted by atomic mass is 35.5. The lowest BCUT2D eigenvalue weighted by atomic mass is 10.1. The molecule has 8 heteroatoms. The molecule has 1 atom stereocenters. The zero-order valence-electron chi connectivity index (χ0n) is 14.1. The normalized spacial score (nSPS) is 11.5. The summed E-state index contributed by atoms with van der Waals surface area (Å²) >= 11 is 18.6. The van der Waals surface area contributed by atoms with Crippen LogP contribution in [0.15, 0.2) is 48.5 Å². The number of benzene rings is 2. The molecule has 0 unspecified atom stereocenters. The van der Waals surface area contributed by atoms with Gasteiger partial charge in [0.2, 0.25) is 5.91 Å². The zero-order chi connectivity index (χ0) is 18.9. The van der Waals surface area contributed by atoms with Gasteiger partial charge in [-0.15, -0.1) is 11.8 Å². The number of carbonyl (C=O) groups is 1. The quantitative estimate of drug-likeness (QED) is 0.468. The van der Waals surface area contributed by atoms with E-state index in [1.54, 1.807) is 12.1 Å². The summed E-state index contributed by atoms with van der Waals surface area (Å²) in [6.07, 6.45) is 0. The zero-order valence-corrected chi connectivity index (χ0v) is 17.2. The summed E-state index contributed by atoms with van der Waals surface area (Å²) in [6, 6.07) is 15.3. The average Bonchev–Trinajstić information content (AvgIpc) is 2.62. The molecular weight excluding hydrogens is 409 g/mol. The molecule has 2 rings (SSSR count). The molecular formula is C18H19Cl2N3OS2. The predicted molar refractivity (Wildman–Crippen MR) is 114 cm³/mol. The van der Waals surface area contributed by atoms with Gasteiger partial charge in [-0.1, -0.05) is 59.6 Å². The Kier molecular flexibility index (Phi) is 8.51. The summed E-state index contributed by atoms with van der Waals surface area (Å²) in [7, 11) is 0. The van der Waals surface area contributed by atoms with E-state index >= 15 is 0 Å². The minimum Gasteiger partial charge on any atom is -0.355 e. The summed E-state index contributed by atoms with van der Waals surface area (Å²) in [5, 5.41) is 4.67. The van der Waals surface area contributed by atoms with Crippen LogP contribution in [0.2, 0.25) is 10.0 Å². The summed E-state index contributed by atoms with van der Waals surface area (Å²) in [4.78, 5) is 11.9. The smallest absolute Gasteiger partial charge is 0.248 e. The fraction of sp³-hybridized carbons (Fsp3) is 0.222. The molecule has 0 aliphatic heterocycles. The van der Waals surface area contributed by atoms with E-state index in [1.807, 2.05) is 43.3 Å². The van der Waals surface area contributed by atoms with Crippen molar-refractivity contribution >= 4 is 58.2 Å². The molecule has 138 valence electrons. The van der Waals surface area contributed by atoms with Gasteiger partial charge in [-0.3, -0.25) is 15.6 Å². The molecule has 0 bridgehead atoms. The molecule has 0 aliphatic rings. The Bertz CT molecular complexity index is 759. The number of hydrogen-bond acceptors (Lipinski definition) is 3. The van der Waals surface area contributed by atoms with Crippen molar-refractivity contribution in [2.75, 3.05) is 5.75 Å². The van der Waals surface area contributed by atoms with Crippen molar-refractivity contribution in [3.05, 3.63) is 69.7 Å². The van der Waals surface area contributed by atoms with Gasteiger partial charge in [0.1, 0.15) is 0 Å². The van der Waals surface area contributed by atoms with E-state index in [1.165, 1.54) is 11.8 Å². The number of amides is 1. The molecule has 0 saturated carbocycles. The van der Waals surface area contributed by atoms with E-state index in [4.69, 9.17) is 35.4 Å². The monoisotopic (exact) mass is 427 g/mol. The number of nitrogens with one attached hydrogen (secondary N) is 3. The van der Waals surface area contributed by atoms with Crippen LogP contribution in [0.25, 0.3) is 0 Å². The fourth-order valence-electron chi connectivity index (χ4n) is 2.11. The van der Waals surface area contributed by atoms with Crippen LogP contribution in [-0.2, 0) is 10.5 Å². The highest BCUT2D eigenvalue weighted by molar-refractivity contribution is 7.99. The number of hydrogen-bond donors (Lipinski definition) is 3. The molecule has 2 aromatic rings. The second kappa shape index (κ2) is 10.6. The van der Waals surface area contributed by atoms with Gasteiger partial charge in [0.15, 0.2) is 5.11 Å². The van der Waals surface area contributed by atoms with Crippen LogP contribution < -0.4 is 16.2 Å². The van der Waals surface area contributed by atoms with Crippen LogP contribution in [0.1, 0.15) is 24.1 Å². The molecule has 2 aromatic carbocycles. The molecule has 0 saturated heterocycles. The molecule has 0 heterocycles. The van der Waals surface area contributed by atoms with Crippen LogP contribution in [0, 0.1) is 0 Å². The topological polar surface area (TPSA) is 53.2 Å². The van der Waals surface area contributed by atoms with Gasteiger partial charge in [0.25, 0.3) is 0 Å². The van der Waals surface area contributed by atoms with Crippen molar-refractivity contribution < 1.29 is 4.79 Å². The lowest BCUT2D eigenvalue weighted by Crippen LogP contribution is -2.47. The Morgan fingerprint density at radius 1 is 1.15 bits per heavy atom. The maximum atomic E-state index is 11.9. The van der Waals surface area contributed by atoms with Crippen LogP contribution >= 0.6 is 47.2 Å². The molecule has 0 aliphatic carbocycles. The number of hydrazine groups is 1. The average molecular weight is 428 g/mol. The molecule has 0 aromatic heterocycles. The Morgan fingerprint density at radius 3 is 2.58 bits per heavy atom. The van der Waals surface area contributed by atoms with Gasteiger partial charge in [-0.05, 0) is 42.4 Å². The van der Waals surface area contributed by atoms with Crippen LogP contribution in [0.4, 0.5) is 0 Å². The maximum absolute atomic E-state index is 11.9. The third-order valence-electron chi connectivity index (χ3n) is 3.47. The van der Waals surface area contributed by atoms with Crippen LogP contribution in [0.5, 0.6) is 0 Å². The number of carbonyl (C=O) groups excluding carboxylic acids is 1. The fourth-order valence-corrected chi connectivity index (χ4v) is 3.73. The third kappa shape index (κ3) is 7.03. The van der Waals surface area contributed by atoms with Gasteiger partial charge in [0.05, 0.1) is 11.8 Å². The van der Waals surface area contributed by atoms with Crippen molar-refractivity contribution in [1.29, 1.82) is 0 Å². The number of rotatable bonds is 6. The largest absolute Gasteiger partial charge is 0.355 e. The first-order valence-corrected chi connectivity index (χ1v) is 10.2. The third-order valence-corrected chi connectivity index (χ3v) is 5.26. The standard InChI is InChI=1S/C18H19Cl2N3OS2/c1-12(13-5-3-2-4-6-13)21-18(25)23-22-17(24)11-26-10-14-7-8-15(19)9-16(14)20/h2-9,12H,10-11H2,1H3,(H,22,24)(H2,21,23,25)/t12-/m1/s1. The van der Waals surface area contributed by atoms with Crippen molar-refractivity contribution in [3.63, 3.8) is 0 Å². The van der Waals surface area contributed by atoms with E-state index in [0.717, 1.165) is 11.1 Å². The number of thiocarbonyl (C=S) groups is 1. The first-order chi connectivity index (χ1) is 12.5. The molecule has 26 heavy (non-hydrogen) atoms. The van der Waals surface area contributed by atoms with Gasteiger partial charge < -0.3 is 5.32 Å². The van der Waals surface area contributed by atoms with Crippen molar-refractivity contribution in [2.45, 2.75) is 18.7 Å². The van der Waals surface area contributed by atoms with Crippen molar-refractivity contribution in [1.82, 2.24) is 16.2 Å². The van der Waals surface area contributed by atoms with Gasteiger partial charge in [-0.25, -0.2) is 0 Å². The molecule has 0 radical (unpaired) electrons. The van der Waals surface area contributed by atoms with E-state index in [2.05, 4.69) is 16.2 Å². The Labute approximate surface area is 173 Å². The molecule has 0 spiro atoms. The van der Waals surface area contributed by atoms with E-state index in [0.29, 0.717) is 20.9 Å². The van der Waals surface area contributed by atoms with E-state index < -0.39 is 0 Å². The Balaban J connectivity index is 1.67. The lowest BCUT2D eigenvalue weighted by molar-refractivity contribution is -0.119. The lowest BCUT2D eigenvalue weighted by Gasteiger charge is -2.17. The van der Waals surface area contributed by atoms with Crippen molar-refractivity contribution in [2.24, 2.45) is 0 Å². The molecule has 4 nitrogen and oxygen atoms in total. The first kappa shape index (κ1) is 20.8. The maximum Gasteiger partial charge on any atom is 0.248 e. The SMILES string of the molecule is C[C@@H](NC(=S)NNC(=O)CSCc1ccc(Cl)cc1Cl)c1ccccc1. The van der Waals surface area contributed by atoms with Gasteiger partial charge in [-0.2, -0.15) is 0 Å². The summed E-state index contributed by atoms with van der Waals surface area (Å²) < 4.78 is 0. The highest BCUT2D eigenvalue weighted by Gasteiger charge is 2.08. The Morgan fingerprint density at radius 2 is 1.88 bits per heavy atom. The molecule has 3 N–H and O–H groups in total. The predicted octanol–water partition coefficient (Wildman–Crippen LogP) is 4.48. The minimum absolute atomic E-state index is 0.0366. The highest BCUT2D eigenvalue weighted by Crippen LogP contribution is 2.24. The summed E-state index contributed by atoms with van der Waals surface area (Å²) in [5.74, 6) is 0.733. The first-order valence-electron chi connectivity index (χ1n) is 7.87. The van der Waals surface area contributed by atoms with Crippen molar-refractivity contribution in [3.8, 4) is 0 Å². The van der Waals surface area contributed by atoms with Crippen LogP contribution in [0.3, 0.4) is 0 Å². The number of thioether (sulfide) groups is 1.